The molecule has 0 N–H and O–H groups in total. The molecular weight excluding hydrogens is 216 g/mol. The number of rotatable bonds is 2. The summed E-state index contributed by atoms with van der Waals surface area (Å²) in [5.74, 6) is 0.902. The molecule has 0 heteroatoms. The summed E-state index contributed by atoms with van der Waals surface area (Å²) in [6.07, 6.45) is 10.5. The lowest BCUT2D eigenvalue weighted by molar-refractivity contribution is 0.342. The molecule has 2 rings (SSSR count). The molecule has 0 fully saturated rings. The van der Waals surface area contributed by atoms with Gasteiger partial charge in [0.15, 0.2) is 0 Å². The van der Waals surface area contributed by atoms with Crippen molar-refractivity contribution in [2.75, 3.05) is 0 Å². The summed E-state index contributed by atoms with van der Waals surface area (Å²) < 4.78 is 0. The van der Waals surface area contributed by atoms with E-state index in [2.05, 4.69) is 33.8 Å². The maximum atomic E-state index is 2.55. The Bertz CT molecular complexity index is 332. The smallest absolute Gasteiger partial charge is 0.00786 e. The van der Waals surface area contributed by atoms with Gasteiger partial charge in [0.2, 0.25) is 0 Å². The van der Waals surface area contributed by atoms with Crippen LogP contribution < -0.4 is 0 Å². The van der Waals surface area contributed by atoms with E-state index in [0.29, 0.717) is 5.41 Å². The van der Waals surface area contributed by atoms with Crippen molar-refractivity contribution >= 4 is 0 Å². The average molecular weight is 248 g/mol. The molecule has 1 unspecified atom stereocenters. The van der Waals surface area contributed by atoms with Crippen molar-refractivity contribution < 1.29 is 0 Å². The van der Waals surface area contributed by atoms with E-state index in [1.165, 1.54) is 38.5 Å². The van der Waals surface area contributed by atoms with Crippen LogP contribution in [0.5, 0.6) is 0 Å². The third-order valence-electron chi connectivity index (χ3n) is 4.85. The molecule has 0 aliphatic heterocycles. The average Bonchev–Trinajstić information content (AvgIpc) is 2.41. The zero-order valence-electron chi connectivity index (χ0n) is 13.4. The third kappa shape index (κ3) is 3.08. The molecule has 0 radical (unpaired) electrons. The first-order valence-electron chi connectivity index (χ1n) is 8.01. The van der Waals surface area contributed by atoms with E-state index >= 15 is 0 Å². The largest absolute Gasteiger partial charge is 0.0683 e. The van der Waals surface area contributed by atoms with Crippen molar-refractivity contribution in [2.24, 2.45) is 11.3 Å². The minimum Gasteiger partial charge on any atom is -0.0683 e. The van der Waals surface area contributed by atoms with Gasteiger partial charge in [-0.2, -0.15) is 0 Å². The highest BCUT2D eigenvalue weighted by Crippen LogP contribution is 2.48. The molecule has 2 atom stereocenters. The Kier molecular flexibility index (Phi) is 5.69. The van der Waals surface area contributed by atoms with Crippen molar-refractivity contribution in [1.82, 2.24) is 0 Å². The number of hydrogen-bond donors (Lipinski definition) is 0. The number of hydrogen-bond acceptors (Lipinski definition) is 0. The summed E-state index contributed by atoms with van der Waals surface area (Å²) in [7, 11) is 0. The maximum absolute atomic E-state index is 2.55. The van der Waals surface area contributed by atoms with Gasteiger partial charge in [-0.05, 0) is 55.4 Å². The first-order valence-corrected chi connectivity index (χ1v) is 8.01. The standard InChI is InChI=1S/C16H26.C2H6/c1-5-15-10-14-9-12(3)7-8-13(14)11-16(15,4)6-2;1-2/h10,12H,5-9,11H2,1-4H3;1-2H3/t12-,16?;/m0./s1. The van der Waals surface area contributed by atoms with Crippen LogP contribution in [0.3, 0.4) is 0 Å². The zero-order valence-corrected chi connectivity index (χ0v) is 13.4. The van der Waals surface area contributed by atoms with Crippen LogP contribution in [-0.2, 0) is 0 Å². The van der Waals surface area contributed by atoms with E-state index in [-0.39, 0.29) is 0 Å². The topological polar surface area (TPSA) is 0 Å². The van der Waals surface area contributed by atoms with Gasteiger partial charge in [-0.1, -0.05) is 58.8 Å². The molecule has 0 aromatic carbocycles. The Morgan fingerprint density at radius 2 is 1.94 bits per heavy atom. The Balaban J connectivity index is 0.000000771. The van der Waals surface area contributed by atoms with Crippen molar-refractivity contribution in [3.05, 3.63) is 22.8 Å². The van der Waals surface area contributed by atoms with Crippen molar-refractivity contribution in [2.45, 2.75) is 80.1 Å². The van der Waals surface area contributed by atoms with Crippen LogP contribution in [0, 0.1) is 11.3 Å². The Morgan fingerprint density at radius 3 is 2.50 bits per heavy atom. The highest BCUT2D eigenvalue weighted by molar-refractivity contribution is 5.39. The van der Waals surface area contributed by atoms with Crippen LogP contribution >= 0.6 is 0 Å². The van der Waals surface area contributed by atoms with E-state index < -0.39 is 0 Å². The van der Waals surface area contributed by atoms with Gasteiger partial charge in [0, 0.05) is 0 Å². The van der Waals surface area contributed by atoms with Crippen LogP contribution in [0.25, 0.3) is 0 Å². The molecule has 104 valence electrons. The predicted molar refractivity (Wildman–Crippen MR) is 82.8 cm³/mol. The van der Waals surface area contributed by atoms with Gasteiger partial charge in [0.05, 0.1) is 0 Å². The Hall–Kier alpha value is -0.520. The lowest BCUT2D eigenvalue weighted by Gasteiger charge is -2.39. The summed E-state index contributed by atoms with van der Waals surface area (Å²) >= 11 is 0. The van der Waals surface area contributed by atoms with Gasteiger partial charge < -0.3 is 0 Å². The van der Waals surface area contributed by atoms with Crippen LogP contribution in [0.2, 0.25) is 0 Å². The summed E-state index contributed by atoms with van der Waals surface area (Å²) in [4.78, 5) is 0. The van der Waals surface area contributed by atoms with Crippen molar-refractivity contribution in [3.8, 4) is 0 Å². The van der Waals surface area contributed by atoms with Crippen molar-refractivity contribution in [3.63, 3.8) is 0 Å². The Morgan fingerprint density at radius 1 is 1.28 bits per heavy atom. The SMILES string of the molecule is CC.CCC1=CC2=C(CC[C@H](C)C2)CC1(C)CC. The Labute approximate surface area is 115 Å². The first-order chi connectivity index (χ1) is 8.59. The van der Waals surface area contributed by atoms with Crippen molar-refractivity contribution in [1.29, 1.82) is 0 Å². The second-order valence-corrected chi connectivity index (χ2v) is 6.09. The highest BCUT2D eigenvalue weighted by atomic mass is 14.4. The molecule has 2 aliphatic carbocycles. The quantitative estimate of drug-likeness (QED) is 0.539. The second kappa shape index (κ2) is 6.59. The second-order valence-electron chi connectivity index (χ2n) is 6.09. The molecule has 0 saturated carbocycles. The summed E-state index contributed by atoms with van der Waals surface area (Å²) in [5, 5.41) is 0. The lowest BCUT2D eigenvalue weighted by Crippen LogP contribution is -2.25. The molecule has 2 aliphatic rings. The maximum Gasteiger partial charge on any atom is -0.00786 e. The minimum absolute atomic E-state index is 0.466. The van der Waals surface area contributed by atoms with Crippen LogP contribution in [-0.4, -0.2) is 0 Å². The van der Waals surface area contributed by atoms with Gasteiger partial charge >= 0.3 is 0 Å². The summed E-state index contributed by atoms with van der Waals surface area (Å²) in [6, 6.07) is 0. The fraction of sp³-hybridized carbons (Fsp3) is 0.778. The molecule has 0 heterocycles. The monoisotopic (exact) mass is 248 g/mol. The van der Waals surface area contributed by atoms with Gasteiger partial charge in [0.1, 0.15) is 0 Å². The van der Waals surface area contributed by atoms with Gasteiger partial charge in [0.25, 0.3) is 0 Å². The highest BCUT2D eigenvalue weighted by Gasteiger charge is 2.33. The van der Waals surface area contributed by atoms with Crippen LogP contribution in [0.4, 0.5) is 0 Å². The third-order valence-corrected chi connectivity index (χ3v) is 4.85. The molecule has 0 aromatic heterocycles. The number of allylic oxidation sites excluding steroid dienone is 4. The molecule has 18 heavy (non-hydrogen) atoms. The first kappa shape index (κ1) is 15.5. The van der Waals surface area contributed by atoms with Gasteiger partial charge in [-0.15, -0.1) is 0 Å². The molecule has 0 nitrogen and oxygen atoms in total. The van der Waals surface area contributed by atoms with E-state index in [1.807, 2.05) is 13.8 Å². The van der Waals surface area contributed by atoms with Crippen LogP contribution in [0.15, 0.2) is 22.8 Å². The van der Waals surface area contributed by atoms with E-state index in [1.54, 1.807) is 16.7 Å². The molecule has 0 saturated heterocycles. The predicted octanol–water partition coefficient (Wildman–Crippen LogP) is 6.29. The van der Waals surface area contributed by atoms with E-state index in [0.717, 1.165) is 5.92 Å². The van der Waals surface area contributed by atoms with E-state index in [4.69, 9.17) is 0 Å². The van der Waals surface area contributed by atoms with Crippen LogP contribution in [0.1, 0.15) is 80.1 Å². The fourth-order valence-corrected chi connectivity index (χ4v) is 3.42. The van der Waals surface area contributed by atoms with Gasteiger partial charge in [-0.25, -0.2) is 0 Å². The van der Waals surface area contributed by atoms with E-state index in [9.17, 15) is 0 Å². The molecule has 0 amide bonds. The van der Waals surface area contributed by atoms with Gasteiger partial charge in [-0.3, -0.25) is 0 Å². The summed E-state index contributed by atoms with van der Waals surface area (Å²) in [6.45, 7) is 13.5. The zero-order chi connectivity index (χ0) is 13.8. The minimum atomic E-state index is 0.466. The molecule has 0 spiro atoms. The molecule has 0 aromatic rings. The summed E-state index contributed by atoms with van der Waals surface area (Å²) in [5.41, 5.74) is 5.64. The lowest BCUT2D eigenvalue weighted by atomic mass is 9.66. The fourth-order valence-electron chi connectivity index (χ4n) is 3.42. The normalized spacial score (nSPS) is 31.2. The molecular formula is C18H32. The molecule has 0 bridgehead atoms.